The molecule has 0 bridgehead atoms. The number of oxazole rings is 1. The first-order chi connectivity index (χ1) is 27.1. The molecule has 2 aromatic rings. The third-order valence-corrected chi connectivity index (χ3v) is 9.45. The number of amides is 5. The van der Waals surface area contributed by atoms with Crippen molar-refractivity contribution in [3.8, 4) is 11.3 Å². The first-order valence-electron chi connectivity index (χ1n) is 18.7. The fraction of sp³-hybridized carbons (Fsp3) is 0.553. The van der Waals surface area contributed by atoms with E-state index in [1.54, 1.807) is 52.8 Å². The summed E-state index contributed by atoms with van der Waals surface area (Å²) in [5.41, 5.74) is 6.06. The van der Waals surface area contributed by atoms with E-state index in [4.69, 9.17) is 38.5 Å². The standard InChI is InChI=1S/C38H53Cl2N7O11/c1-8-23(32(52)38-42-16-26(58-38)29-20(39)10-9-11-21(29)40)43-34(54)24(14-17(2)3)45-36(56)30(18(4)5)47-37(57)31(19(6)7)46-35(55)25(15-28(50)51)44-33(53)22(41)12-13-27(48)49/h9-11,16-19,22-25,30-31H,8,12-15,41H2,1-7H3,(H,43,54)(H,44,53)(H,45,56)(H,46,55)(H,47,57)(H,48,49)(H,50,51)/t22-,23-,24-,25-,30-,31-/m0/s1. The Bertz CT molecular complexity index is 1800. The Morgan fingerprint density at radius 3 is 1.72 bits per heavy atom. The molecule has 9 N–H and O–H groups in total. The van der Waals surface area contributed by atoms with Gasteiger partial charge in [0.2, 0.25) is 35.3 Å². The average molecular weight is 855 g/mol. The maximum Gasteiger partial charge on any atom is 0.305 e. The van der Waals surface area contributed by atoms with Crippen molar-refractivity contribution < 1.29 is 53.0 Å². The molecule has 0 spiro atoms. The largest absolute Gasteiger partial charge is 0.481 e. The number of aromatic nitrogens is 1. The zero-order valence-electron chi connectivity index (χ0n) is 33.4. The monoisotopic (exact) mass is 853 g/mol. The molecule has 2 rings (SSSR count). The molecule has 0 aliphatic rings. The van der Waals surface area contributed by atoms with Gasteiger partial charge in [-0.15, -0.1) is 0 Å². The topological polar surface area (TPSA) is 289 Å². The normalized spacial score (nSPS) is 14.4. The second-order valence-corrected chi connectivity index (χ2v) is 15.6. The number of aliphatic carboxylic acids is 2. The van der Waals surface area contributed by atoms with Gasteiger partial charge in [0, 0.05) is 6.42 Å². The van der Waals surface area contributed by atoms with Crippen LogP contribution in [0.3, 0.4) is 0 Å². The van der Waals surface area contributed by atoms with Gasteiger partial charge < -0.3 is 46.9 Å². The van der Waals surface area contributed by atoms with Crippen molar-refractivity contribution in [1.82, 2.24) is 31.6 Å². The van der Waals surface area contributed by atoms with Crippen molar-refractivity contribution in [2.75, 3.05) is 0 Å². The zero-order chi connectivity index (χ0) is 44.0. The minimum Gasteiger partial charge on any atom is -0.481 e. The van der Waals surface area contributed by atoms with Crippen LogP contribution in [0.4, 0.5) is 0 Å². The summed E-state index contributed by atoms with van der Waals surface area (Å²) in [6.45, 7) is 11.8. The fourth-order valence-electron chi connectivity index (χ4n) is 5.62. The highest BCUT2D eigenvalue weighted by molar-refractivity contribution is 6.39. The van der Waals surface area contributed by atoms with Crippen LogP contribution in [0.1, 0.15) is 91.3 Å². The summed E-state index contributed by atoms with van der Waals surface area (Å²) in [5, 5.41) is 31.4. The highest BCUT2D eigenvalue weighted by Crippen LogP contribution is 2.35. The molecule has 0 radical (unpaired) electrons. The first kappa shape index (κ1) is 49.1. The van der Waals surface area contributed by atoms with E-state index in [0.29, 0.717) is 5.56 Å². The lowest BCUT2D eigenvalue weighted by molar-refractivity contribution is -0.141. The Balaban J connectivity index is 2.23. The van der Waals surface area contributed by atoms with Crippen molar-refractivity contribution >= 4 is 70.5 Å². The molecule has 0 aliphatic heterocycles. The van der Waals surface area contributed by atoms with Crippen molar-refractivity contribution in [3.05, 3.63) is 40.3 Å². The van der Waals surface area contributed by atoms with E-state index >= 15 is 0 Å². The molecule has 0 saturated carbocycles. The summed E-state index contributed by atoms with van der Waals surface area (Å²) in [4.78, 5) is 107. The van der Waals surface area contributed by atoms with Gasteiger partial charge in [0.15, 0.2) is 5.76 Å². The Morgan fingerprint density at radius 1 is 0.724 bits per heavy atom. The van der Waals surface area contributed by atoms with Crippen molar-refractivity contribution in [2.24, 2.45) is 23.5 Å². The number of hydrogen-bond acceptors (Lipinski definition) is 11. The lowest BCUT2D eigenvalue weighted by Gasteiger charge is -2.30. The number of nitrogens with two attached hydrogens (primary N) is 1. The second kappa shape index (κ2) is 22.8. The summed E-state index contributed by atoms with van der Waals surface area (Å²) in [6, 6.07) is -3.02. The van der Waals surface area contributed by atoms with Crippen molar-refractivity contribution in [1.29, 1.82) is 0 Å². The van der Waals surface area contributed by atoms with Gasteiger partial charge in [0.1, 0.15) is 24.2 Å². The molecular formula is C38H53Cl2N7O11. The molecule has 0 unspecified atom stereocenters. The van der Waals surface area contributed by atoms with Gasteiger partial charge in [-0.25, -0.2) is 4.98 Å². The van der Waals surface area contributed by atoms with Crippen LogP contribution in [0.5, 0.6) is 0 Å². The predicted molar refractivity (Wildman–Crippen MR) is 212 cm³/mol. The number of carboxylic acid groups (broad SMARTS) is 2. The smallest absolute Gasteiger partial charge is 0.305 e. The van der Waals surface area contributed by atoms with E-state index in [9.17, 15) is 43.5 Å². The van der Waals surface area contributed by atoms with Crippen LogP contribution in [0.15, 0.2) is 28.8 Å². The van der Waals surface area contributed by atoms with E-state index in [0.717, 1.165) is 0 Å². The Morgan fingerprint density at radius 2 is 1.22 bits per heavy atom. The summed E-state index contributed by atoms with van der Waals surface area (Å²) in [7, 11) is 0. The molecule has 1 aromatic heterocycles. The number of ketones is 1. The van der Waals surface area contributed by atoms with E-state index in [-0.39, 0.29) is 46.9 Å². The number of halogens is 2. The van der Waals surface area contributed by atoms with Gasteiger partial charge >= 0.3 is 11.9 Å². The molecule has 320 valence electrons. The lowest BCUT2D eigenvalue weighted by Crippen LogP contribution is -2.61. The van der Waals surface area contributed by atoms with E-state index in [2.05, 4.69) is 31.6 Å². The number of rotatable bonds is 23. The number of hydrogen-bond donors (Lipinski definition) is 8. The number of Topliss-reactive ketones (excluding diaryl/α,β-unsaturated/α-hetero) is 1. The Hall–Kier alpha value is -5.07. The van der Waals surface area contributed by atoms with E-state index in [1.165, 1.54) is 6.20 Å². The second-order valence-electron chi connectivity index (χ2n) is 14.8. The minimum atomic E-state index is -1.68. The van der Waals surface area contributed by atoms with E-state index in [1.807, 2.05) is 13.8 Å². The van der Waals surface area contributed by atoms with Crippen molar-refractivity contribution in [2.45, 2.75) is 117 Å². The summed E-state index contributed by atoms with van der Waals surface area (Å²) in [5.74, 6) is -8.97. The highest BCUT2D eigenvalue weighted by Gasteiger charge is 2.36. The van der Waals surface area contributed by atoms with Crippen LogP contribution >= 0.6 is 23.2 Å². The number of nitrogens with one attached hydrogen (secondary N) is 5. The van der Waals surface area contributed by atoms with E-state index < -0.39 is 108 Å². The number of nitrogens with zero attached hydrogens (tertiary/aromatic N) is 1. The molecule has 18 nitrogen and oxygen atoms in total. The van der Waals surface area contributed by atoms with Gasteiger partial charge in [-0.05, 0) is 49.1 Å². The van der Waals surface area contributed by atoms with Gasteiger partial charge in [-0.1, -0.05) is 77.7 Å². The molecule has 0 fully saturated rings. The minimum absolute atomic E-state index is 0.111. The van der Waals surface area contributed by atoms with Gasteiger partial charge in [0.05, 0.1) is 40.3 Å². The third-order valence-electron chi connectivity index (χ3n) is 8.82. The summed E-state index contributed by atoms with van der Waals surface area (Å²) in [6.07, 6.45) is -0.0249. The van der Waals surface area contributed by atoms with Crippen LogP contribution in [0, 0.1) is 17.8 Å². The van der Waals surface area contributed by atoms with Crippen molar-refractivity contribution in [3.63, 3.8) is 0 Å². The summed E-state index contributed by atoms with van der Waals surface area (Å²) < 4.78 is 5.69. The van der Waals surface area contributed by atoms with Gasteiger partial charge in [-0.3, -0.25) is 38.4 Å². The SMILES string of the molecule is CC[C@H](NC(=O)[C@H](CC(C)C)NC(=O)[C@@H](NC(=O)[C@@H](NC(=O)[C@H](CC(=O)O)NC(=O)[C@@H](N)CCC(=O)O)C(C)C)C(C)C)C(=O)c1ncc(-c2c(Cl)cccc2Cl)o1. The molecular weight excluding hydrogens is 801 g/mol. The third kappa shape index (κ3) is 14.7. The van der Waals surface area contributed by atoms with Crippen LogP contribution in [-0.2, 0) is 33.6 Å². The number of carboxylic acids is 2. The number of benzene rings is 1. The number of carbonyl (C=O) groups is 8. The van der Waals surface area contributed by atoms with Crippen LogP contribution < -0.4 is 32.3 Å². The molecule has 1 aromatic carbocycles. The molecule has 0 saturated heterocycles. The highest BCUT2D eigenvalue weighted by atomic mass is 35.5. The molecule has 6 atom stereocenters. The zero-order valence-corrected chi connectivity index (χ0v) is 34.9. The predicted octanol–water partition coefficient (Wildman–Crippen LogP) is 2.69. The molecule has 0 aliphatic carbocycles. The van der Waals surface area contributed by atoms with Crippen LogP contribution in [-0.4, -0.2) is 98.7 Å². The molecule has 1 heterocycles. The van der Waals surface area contributed by atoms with Crippen LogP contribution in [0.25, 0.3) is 11.3 Å². The molecule has 20 heteroatoms. The maximum atomic E-state index is 13.8. The fourth-order valence-corrected chi connectivity index (χ4v) is 6.20. The summed E-state index contributed by atoms with van der Waals surface area (Å²) >= 11 is 12.6. The van der Waals surface area contributed by atoms with Crippen LogP contribution in [0.2, 0.25) is 10.0 Å². The van der Waals surface area contributed by atoms with Gasteiger partial charge in [0.25, 0.3) is 5.89 Å². The Kier molecular flexibility index (Phi) is 19.3. The van der Waals surface area contributed by atoms with Gasteiger partial charge in [-0.2, -0.15) is 0 Å². The number of carbonyl (C=O) groups excluding carboxylic acids is 6. The average Bonchev–Trinajstić information content (AvgIpc) is 3.61. The maximum absolute atomic E-state index is 13.8. The first-order valence-corrected chi connectivity index (χ1v) is 19.5. The quantitative estimate of drug-likeness (QED) is 0.0748. The lowest BCUT2D eigenvalue weighted by atomic mass is 9.97. The Labute approximate surface area is 346 Å². The molecule has 5 amide bonds. The molecule has 58 heavy (non-hydrogen) atoms.